The summed E-state index contributed by atoms with van der Waals surface area (Å²) in [6, 6.07) is 1.75. The molecule has 1 aromatic rings. The van der Waals surface area contributed by atoms with E-state index < -0.39 is 6.10 Å². The monoisotopic (exact) mass is 285 g/mol. The van der Waals surface area contributed by atoms with Gasteiger partial charge in [0.25, 0.3) is 0 Å². The van der Waals surface area contributed by atoms with Crippen molar-refractivity contribution in [2.45, 2.75) is 25.9 Å². The van der Waals surface area contributed by atoms with Crippen molar-refractivity contribution >= 4 is 11.6 Å². The molecular weight excluding hydrogens is 266 g/mol. The molecule has 1 aliphatic heterocycles. The third kappa shape index (κ3) is 2.96. The molecule has 2 rings (SSSR count). The number of hydrogen-bond acceptors (Lipinski definition) is 4. The van der Waals surface area contributed by atoms with Gasteiger partial charge in [-0.2, -0.15) is 0 Å². The minimum Gasteiger partial charge on any atom is -0.489 e. The molecule has 2 N–H and O–H groups in total. The zero-order valence-electron chi connectivity index (χ0n) is 11.3. The van der Waals surface area contributed by atoms with Crippen LogP contribution in [0.25, 0.3) is 0 Å². The minimum atomic E-state index is -0.649. The second kappa shape index (κ2) is 6.46. The van der Waals surface area contributed by atoms with E-state index in [1.54, 1.807) is 13.1 Å². The first-order valence-electron chi connectivity index (χ1n) is 6.62. The van der Waals surface area contributed by atoms with Gasteiger partial charge in [0.2, 0.25) is 0 Å². The van der Waals surface area contributed by atoms with Crippen molar-refractivity contribution in [2.24, 2.45) is 0 Å². The summed E-state index contributed by atoms with van der Waals surface area (Å²) in [6.07, 6.45) is 0.941. The maximum Gasteiger partial charge on any atom is 0.164 e. The Morgan fingerprint density at radius 2 is 2.16 bits per heavy atom. The highest BCUT2D eigenvalue weighted by Gasteiger charge is 2.24. The van der Waals surface area contributed by atoms with Crippen molar-refractivity contribution in [3.63, 3.8) is 0 Å². The fourth-order valence-corrected chi connectivity index (χ4v) is 2.70. The Hall–Kier alpha value is -0.970. The second-order valence-electron chi connectivity index (χ2n) is 4.56. The molecule has 5 heteroatoms. The van der Waals surface area contributed by atoms with Gasteiger partial charge in [-0.3, -0.25) is 0 Å². The van der Waals surface area contributed by atoms with E-state index in [1.165, 1.54) is 0 Å². The number of ether oxygens (including phenoxy) is 2. The summed E-state index contributed by atoms with van der Waals surface area (Å²) in [5.41, 5.74) is 1.68. The van der Waals surface area contributed by atoms with E-state index in [0.717, 1.165) is 29.7 Å². The topological polar surface area (TPSA) is 50.7 Å². The first kappa shape index (κ1) is 14.4. The number of aliphatic hydroxyl groups excluding tert-OH is 1. The summed E-state index contributed by atoms with van der Waals surface area (Å²) in [4.78, 5) is 0. The molecule has 0 bridgehead atoms. The lowest BCUT2D eigenvalue weighted by atomic mass is 9.98. The van der Waals surface area contributed by atoms with Crippen LogP contribution in [-0.4, -0.2) is 31.9 Å². The van der Waals surface area contributed by atoms with Gasteiger partial charge in [0.15, 0.2) is 11.5 Å². The van der Waals surface area contributed by atoms with Crippen LogP contribution in [0.3, 0.4) is 0 Å². The number of nitrogens with one attached hydrogen (secondary N) is 1. The van der Waals surface area contributed by atoms with Gasteiger partial charge >= 0.3 is 0 Å². The molecule has 0 amide bonds. The highest BCUT2D eigenvalue weighted by Crippen LogP contribution is 2.42. The Bertz CT molecular complexity index is 451. The summed E-state index contributed by atoms with van der Waals surface area (Å²) in [6.45, 7) is 3.73. The van der Waals surface area contributed by atoms with Gasteiger partial charge in [-0.25, -0.2) is 0 Å². The molecule has 1 unspecified atom stereocenters. The van der Waals surface area contributed by atoms with Crippen molar-refractivity contribution in [1.29, 1.82) is 0 Å². The molecular formula is C14H20ClNO3. The van der Waals surface area contributed by atoms with Gasteiger partial charge in [0.05, 0.1) is 24.3 Å². The maximum absolute atomic E-state index is 10.2. The van der Waals surface area contributed by atoms with Crippen LogP contribution in [0.4, 0.5) is 0 Å². The maximum atomic E-state index is 10.2. The van der Waals surface area contributed by atoms with Crippen molar-refractivity contribution in [2.75, 3.05) is 26.8 Å². The number of aliphatic hydroxyl groups is 1. The predicted molar refractivity (Wildman–Crippen MR) is 75.3 cm³/mol. The molecule has 0 spiro atoms. The van der Waals surface area contributed by atoms with E-state index in [0.29, 0.717) is 30.5 Å². The summed E-state index contributed by atoms with van der Waals surface area (Å²) in [5.74, 6) is 1.41. The van der Waals surface area contributed by atoms with Crippen LogP contribution in [0, 0.1) is 0 Å². The molecule has 0 saturated carbocycles. The quantitative estimate of drug-likeness (QED) is 0.891. The van der Waals surface area contributed by atoms with E-state index in [2.05, 4.69) is 5.32 Å². The van der Waals surface area contributed by atoms with Gasteiger partial charge in [-0.15, -0.1) is 0 Å². The summed E-state index contributed by atoms with van der Waals surface area (Å²) >= 11 is 6.31. The Morgan fingerprint density at radius 3 is 2.84 bits per heavy atom. The van der Waals surface area contributed by atoms with Crippen LogP contribution in [0.2, 0.25) is 5.02 Å². The Labute approximate surface area is 118 Å². The SMILES string of the molecule is CCc1c2c(cc(Cl)c1C(O)CNC)OCCCO2. The number of likely N-dealkylation sites (N-methyl/N-ethyl adjacent to an activating group) is 1. The third-order valence-electron chi connectivity index (χ3n) is 3.22. The fraction of sp³-hybridized carbons (Fsp3) is 0.571. The van der Waals surface area contributed by atoms with Gasteiger partial charge in [0, 0.05) is 30.2 Å². The van der Waals surface area contributed by atoms with Crippen molar-refractivity contribution in [3.05, 3.63) is 22.2 Å². The summed E-state index contributed by atoms with van der Waals surface area (Å²) in [7, 11) is 1.80. The number of halogens is 1. The standard InChI is InChI=1S/C14H20ClNO3/c1-3-9-13(11(17)8-16-2)10(15)7-12-14(9)19-6-4-5-18-12/h7,11,16-17H,3-6,8H2,1-2H3. The zero-order chi connectivity index (χ0) is 13.8. The first-order valence-corrected chi connectivity index (χ1v) is 7.00. The molecule has 1 heterocycles. The molecule has 4 nitrogen and oxygen atoms in total. The van der Waals surface area contributed by atoms with Crippen LogP contribution in [0.15, 0.2) is 6.07 Å². The van der Waals surface area contributed by atoms with Crippen LogP contribution in [0.1, 0.15) is 30.6 Å². The Balaban J connectivity index is 2.51. The second-order valence-corrected chi connectivity index (χ2v) is 4.96. The van der Waals surface area contributed by atoms with Crippen molar-refractivity contribution < 1.29 is 14.6 Å². The molecule has 0 saturated heterocycles. The minimum absolute atomic E-state index is 0.451. The smallest absolute Gasteiger partial charge is 0.164 e. The van der Waals surface area contributed by atoms with Crippen LogP contribution < -0.4 is 14.8 Å². The fourth-order valence-electron chi connectivity index (χ4n) is 2.36. The Kier molecular flexibility index (Phi) is 4.91. The average Bonchev–Trinajstić information content (AvgIpc) is 2.62. The van der Waals surface area contributed by atoms with Crippen LogP contribution >= 0.6 is 11.6 Å². The number of rotatable bonds is 4. The highest BCUT2D eigenvalue weighted by atomic mass is 35.5. The van der Waals surface area contributed by atoms with Gasteiger partial charge in [-0.05, 0) is 13.5 Å². The first-order chi connectivity index (χ1) is 9.19. The van der Waals surface area contributed by atoms with Gasteiger partial charge in [-0.1, -0.05) is 18.5 Å². The molecule has 0 aliphatic carbocycles. The van der Waals surface area contributed by atoms with E-state index in [9.17, 15) is 5.11 Å². The molecule has 0 aromatic heterocycles. The van der Waals surface area contributed by atoms with Crippen LogP contribution in [0.5, 0.6) is 11.5 Å². The van der Waals surface area contributed by atoms with Gasteiger partial charge in [0.1, 0.15) is 0 Å². The third-order valence-corrected chi connectivity index (χ3v) is 3.53. The zero-order valence-corrected chi connectivity index (χ0v) is 12.1. The van der Waals surface area contributed by atoms with Crippen LogP contribution in [-0.2, 0) is 6.42 Å². The molecule has 0 radical (unpaired) electrons. The molecule has 1 atom stereocenters. The summed E-state index contributed by atoms with van der Waals surface area (Å²) in [5, 5.41) is 13.7. The summed E-state index contributed by atoms with van der Waals surface area (Å²) < 4.78 is 11.4. The van der Waals surface area contributed by atoms with E-state index in [1.807, 2.05) is 6.92 Å². The largest absolute Gasteiger partial charge is 0.489 e. The molecule has 0 fully saturated rings. The van der Waals surface area contributed by atoms with Gasteiger partial charge < -0.3 is 19.9 Å². The predicted octanol–water partition coefficient (Wildman–Crippen LogP) is 2.32. The average molecular weight is 286 g/mol. The molecule has 19 heavy (non-hydrogen) atoms. The van der Waals surface area contributed by atoms with E-state index >= 15 is 0 Å². The highest BCUT2D eigenvalue weighted by molar-refractivity contribution is 6.31. The molecule has 1 aliphatic rings. The van der Waals surface area contributed by atoms with Crippen molar-refractivity contribution in [3.8, 4) is 11.5 Å². The lowest BCUT2D eigenvalue weighted by molar-refractivity contribution is 0.176. The number of fused-ring (bicyclic) bond motifs is 1. The lowest BCUT2D eigenvalue weighted by Gasteiger charge is -2.21. The lowest BCUT2D eigenvalue weighted by Crippen LogP contribution is -2.18. The molecule has 106 valence electrons. The Morgan fingerprint density at radius 1 is 1.42 bits per heavy atom. The normalized spacial score (nSPS) is 16.0. The van der Waals surface area contributed by atoms with Crippen molar-refractivity contribution in [1.82, 2.24) is 5.32 Å². The molecule has 1 aromatic carbocycles. The van der Waals surface area contributed by atoms with E-state index in [-0.39, 0.29) is 0 Å². The number of benzene rings is 1. The number of hydrogen-bond donors (Lipinski definition) is 2. The van der Waals surface area contributed by atoms with E-state index in [4.69, 9.17) is 21.1 Å².